The smallest absolute Gasteiger partial charge is 0.244 e. The zero-order valence-corrected chi connectivity index (χ0v) is 12.5. The van der Waals surface area contributed by atoms with Gasteiger partial charge in [-0.1, -0.05) is 18.2 Å². The Kier molecular flexibility index (Phi) is 4.94. The van der Waals surface area contributed by atoms with Crippen LogP contribution in [0.1, 0.15) is 11.4 Å². The molecule has 4 N–H and O–H groups in total. The number of sulfonamides is 1. The van der Waals surface area contributed by atoms with Gasteiger partial charge in [0, 0.05) is 13.1 Å². The summed E-state index contributed by atoms with van der Waals surface area (Å²) in [5.74, 6) is 0.693. The molecule has 114 valence electrons. The monoisotopic (exact) mass is 310 g/mol. The average Bonchev–Trinajstić information content (AvgIpc) is 2.86. The fraction of sp³-hybridized carbons (Fsp3) is 0.308. The van der Waals surface area contributed by atoms with E-state index in [1.54, 1.807) is 19.1 Å². The molecule has 0 spiro atoms. The molecule has 8 heteroatoms. The topological polar surface area (TPSA) is 110 Å². The maximum Gasteiger partial charge on any atom is 0.244 e. The third-order valence-corrected chi connectivity index (χ3v) is 4.49. The SMILES string of the molecule is Cc1[nH]nc(CN)c1S(=O)(=O)NCCOc1ccccc1. The molecule has 0 aliphatic heterocycles. The van der Waals surface area contributed by atoms with E-state index in [4.69, 9.17) is 10.5 Å². The minimum Gasteiger partial charge on any atom is -0.492 e. The standard InChI is InChI=1S/C13H18N4O3S/c1-10-13(12(9-14)17-16-10)21(18,19)15-7-8-20-11-5-3-2-4-6-11/h2-6,15H,7-9,14H2,1H3,(H,16,17). The van der Waals surface area contributed by atoms with E-state index in [1.807, 2.05) is 18.2 Å². The molecule has 0 bridgehead atoms. The first kappa shape index (κ1) is 15.5. The van der Waals surface area contributed by atoms with Gasteiger partial charge in [-0.15, -0.1) is 0 Å². The lowest BCUT2D eigenvalue weighted by Gasteiger charge is -2.09. The van der Waals surface area contributed by atoms with Gasteiger partial charge in [0.1, 0.15) is 17.3 Å². The number of ether oxygens (including phenoxy) is 1. The van der Waals surface area contributed by atoms with Crippen molar-refractivity contribution in [2.24, 2.45) is 5.73 Å². The Balaban J connectivity index is 1.94. The number of nitrogens with two attached hydrogens (primary N) is 1. The number of para-hydroxylation sites is 1. The van der Waals surface area contributed by atoms with Crippen LogP contribution in [0.5, 0.6) is 5.75 Å². The van der Waals surface area contributed by atoms with E-state index < -0.39 is 10.0 Å². The molecule has 0 aliphatic rings. The Bertz CT molecular complexity index is 683. The number of nitrogens with one attached hydrogen (secondary N) is 2. The molecule has 0 saturated heterocycles. The van der Waals surface area contributed by atoms with Gasteiger partial charge in [0.25, 0.3) is 0 Å². The van der Waals surface area contributed by atoms with E-state index in [1.165, 1.54) is 0 Å². The van der Waals surface area contributed by atoms with E-state index in [0.29, 0.717) is 17.1 Å². The molecule has 0 fully saturated rings. The molecule has 2 rings (SSSR count). The molecule has 0 aliphatic carbocycles. The van der Waals surface area contributed by atoms with Gasteiger partial charge in [0.2, 0.25) is 10.0 Å². The zero-order chi connectivity index (χ0) is 15.3. The number of hydrogen-bond donors (Lipinski definition) is 3. The number of benzene rings is 1. The van der Waals surface area contributed by atoms with Crippen LogP contribution in [-0.4, -0.2) is 31.8 Å². The number of H-pyrrole nitrogens is 1. The molecule has 0 saturated carbocycles. The van der Waals surface area contributed by atoms with Crippen LogP contribution >= 0.6 is 0 Å². The lowest BCUT2D eigenvalue weighted by molar-refractivity contribution is 0.323. The van der Waals surface area contributed by atoms with Crippen LogP contribution in [0.15, 0.2) is 35.2 Å². The Morgan fingerprint density at radius 1 is 1.33 bits per heavy atom. The van der Waals surface area contributed by atoms with Gasteiger partial charge >= 0.3 is 0 Å². The van der Waals surface area contributed by atoms with Crippen LogP contribution in [0.3, 0.4) is 0 Å². The molecular formula is C13H18N4O3S. The highest BCUT2D eigenvalue weighted by atomic mass is 32.2. The Labute approximate surface area is 123 Å². The fourth-order valence-electron chi connectivity index (χ4n) is 1.90. The number of hydrogen-bond acceptors (Lipinski definition) is 5. The molecule has 0 atom stereocenters. The number of rotatable bonds is 7. The van der Waals surface area contributed by atoms with Crippen molar-refractivity contribution in [3.05, 3.63) is 41.7 Å². The zero-order valence-electron chi connectivity index (χ0n) is 11.7. The highest BCUT2D eigenvalue weighted by Crippen LogP contribution is 2.16. The molecular weight excluding hydrogens is 292 g/mol. The lowest BCUT2D eigenvalue weighted by atomic mass is 10.3. The second kappa shape index (κ2) is 6.70. The third-order valence-electron chi connectivity index (χ3n) is 2.83. The van der Waals surface area contributed by atoms with E-state index in [9.17, 15) is 8.42 Å². The Morgan fingerprint density at radius 2 is 2.05 bits per heavy atom. The Morgan fingerprint density at radius 3 is 2.71 bits per heavy atom. The number of aryl methyl sites for hydroxylation is 1. The van der Waals surface area contributed by atoms with Crippen molar-refractivity contribution in [3.8, 4) is 5.75 Å². The average molecular weight is 310 g/mol. The summed E-state index contributed by atoms with van der Waals surface area (Å²) in [5.41, 5.74) is 6.28. The summed E-state index contributed by atoms with van der Waals surface area (Å²) in [6.45, 7) is 2.09. The maximum absolute atomic E-state index is 12.2. The van der Waals surface area contributed by atoms with Crippen molar-refractivity contribution >= 4 is 10.0 Å². The van der Waals surface area contributed by atoms with Crippen molar-refractivity contribution in [1.82, 2.24) is 14.9 Å². The number of aromatic amines is 1. The van der Waals surface area contributed by atoms with Crippen LogP contribution in [0.2, 0.25) is 0 Å². The molecule has 0 amide bonds. The predicted molar refractivity (Wildman–Crippen MR) is 78.3 cm³/mol. The van der Waals surface area contributed by atoms with E-state index in [-0.39, 0.29) is 24.6 Å². The van der Waals surface area contributed by atoms with E-state index >= 15 is 0 Å². The molecule has 21 heavy (non-hydrogen) atoms. The molecule has 0 unspecified atom stereocenters. The third kappa shape index (κ3) is 3.81. The summed E-state index contributed by atoms with van der Waals surface area (Å²) in [7, 11) is -3.65. The summed E-state index contributed by atoms with van der Waals surface area (Å²) in [4.78, 5) is 0.115. The van der Waals surface area contributed by atoms with Gasteiger partial charge in [-0.05, 0) is 19.1 Å². The van der Waals surface area contributed by atoms with Gasteiger partial charge in [0.05, 0.1) is 11.4 Å². The predicted octanol–water partition coefficient (Wildman–Crippen LogP) is 0.534. The van der Waals surface area contributed by atoms with Crippen LogP contribution in [0.4, 0.5) is 0 Å². The van der Waals surface area contributed by atoms with Crippen molar-refractivity contribution in [2.75, 3.05) is 13.2 Å². The summed E-state index contributed by atoms with van der Waals surface area (Å²) >= 11 is 0. The minimum absolute atomic E-state index is 0.0566. The van der Waals surface area contributed by atoms with Crippen molar-refractivity contribution < 1.29 is 13.2 Å². The quantitative estimate of drug-likeness (QED) is 0.646. The van der Waals surface area contributed by atoms with Crippen LogP contribution < -0.4 is 15.2 Å². The first-order valence-corrected chi connectivity index (χ1v) is 7.94. The first-order chi connectivity index (χ1) is 10.0. The second-order valence-electron chi connectivity index (χ2n) is 4.39. The van der Waals surface area contributed by atoms with E-state index in [0.717, 1.165) is 0 Å². The van der Waals surface area contributed by atoms with Crippen molar-refractivity contribution in [1.29, 1.82) is 0 Å². The summed E-state index contributed by atoms with van der Waals surface area (Å²) in [6, 6.07) is 9.19. The molecule has 7 nitrogen and oxygen atoms in total. The van der Waals surface area contributed by atoms with Crippen LogP contribution in [-0.2, 0) is 16.6 Å². The maximum atomic E-state index is 12.2. The van der Waals surface area contributed by atoms with Crippen LogP contribution in [0.25, 0.3) is 0 Å². The van der Waals surface area contributed by atoms with E-state index in [2.05, 4.69) is 14.9 Å². The van der Waals surface area contributed by atoms with Crippen LogP contribution in [0, 0.1) is 6.92 Å². The molecule has 1 heterocycles. The highest BCUT2D eigenvalue weighted by Gasteiger charge is 2.23. The largest absolute Gasteiger partial charge is 0.492 e. The molecule has 1 aromatic heterocycles. The molecule has 1 aromatic carbocycles. The van der Waals surface area contributed by atoms with Crippen molar-refractivity contribution in [3.63, 3.8) is 0 Å². The number of nitrogens with zero attached hydrogens (tertiary/aromatic N) is 1. The molecule has 0 radical (unpaired) electrons. The van der Waals surface area contributed by atoms with Gasteiger partial charge in [0.15, 0.2) is 0 Å². The van der Waals surface area contributed by atoms with Gasteiger partial charge in [-0.25, -0.2) is 13.1 Å². The second-order valence-corrected chi connectivity index (χ2v) is 6.09. The fourth-order valence-corrected chi connectivity index (χ4v) is 3.28. The van der Waals surface area contributed by atoms with Crippen molar-refractivity contribution in [2.45, 2.75) is 18.4 Å². The number of aromatic nitrogens is 2. The summed E-state index contributed by atoms with van der Waals surface area (Å²) in [5, 5.41) is 6.51. The summed E-state index contributed by atoms with van der Waals surface area (Å²) < 4.78 is 32.4. The Hall–Kier alpha value is -1.90. The van der Waals surface area contributed by atoms with Gasteiger partial charge in [-0.3, -0.25) is 5.10 Å². The normalized spacial score (nSPS) is 11.5. The van der Waals surface area contributed by atoms with Gasteiger partial charge < -0.3 is 10.5 Å². The first-order valence-electron chi connectivity index (χ1n) is 6.46. The van der Waals surface area contributed by atoms with Gasteiger partial charge in [-0.2, -0.15) is 5.10 Å². The molecule has 2 aromatic rings. The highest BCUT2D eigenvalue weighted by molar-refractivity contribution is 7.89. The lowest BCUT2D eigenvalue weighted by Crippen LogP contribution is -2.29. The minimum atomic E-state index is -3.65. The summed E-state index contributed by atoms with van der Waals surface area (Å²) in [6.07, 6.45) is 0.